The van der Waals surface area contributed by atoms with Crippen molar-refractivity contribution in [3.63, 3.8) is 0 Å². The molecule has 0 saturated carbocycles. The van der Waals surface area contributed by atoms with E-state index in [-0.39, 0.29) is 18.9 Å². The van der Waals surface area contributed by atoms with Crippen molar-refractivity contribution < 1.29 is 23.5 Å². The summed E-state index contributed by atoms with van der Waals surface area (Å²) in [4.78, 5) is 38.1. The first kappa shape index (κ1) is 19.0. The molecule has 3 rings (SSSR count). The molecule has 1 aliphatic rings. The lowest BCUT2D eigenvalue weighted by atomic mass is 10.1. The fourth-order valence-corrected chi connectivity index (χ4v) is 2.90. The normalized spacial score (nSPS) is 17.6. The summed E-state index contributed by atoms with van der Waals surface area (Å²) < 4.78 is 10.5. The van der Waals surface area contributed by atoms with Gasteiger partial charge in [0.1, 0.15) is 5.76 Å². The minimum atomic E-state index is -0.984. The van der Waals surface area contributed by atoms with Gasteiger partial charge in [-0.25, -0.2) is 0 Å². The molecule has 1 aliphatic heterocycles. The lowest BCUT2D eigenvalue weighted by molar-refractivity contribution is -0.157. The van der Waals surface area contributed by atoms with Gasteiger partial charge in [-0.1, -0.05) is 11.6 Å². The number of carbonyl (C=O) groups excluding carboxylic acids is 3. The van der Waals surface area contributed by atoms with Crippen LogP contribution in [0.1, 0.15) is 19.1 Å². The van der Waals surface area contributed by atoms with E-state index in [2.05, 4.69) is 5.32 Å². The molecule has 1 N–H and O–H groups in total. The zero-order valence-electron chi connectivity index (χ0n) is 14.7. The molecule has 0 radical (unpaired) electrons. The third-order valence-electron chi connectivity index (χ3n) is 4.25. The Morgan fingerprint density at radius 3 is 2.74 bits per heavy atom. The van der Waals surface area contributed by atoms with Crippen LogP contribution in [0.25, 0.3) is 0 Å². The van der Waals surface area contributed by atoms with E-state index < -0.39 is 23.9 Å². The highest BCUT2D eigenvalue weighted by Crippen LogP contribution is 2.22. The summed E-state index contributed by atoms with van der Waals surface area (Å²) >= 11 is 5.80. The Bertz CT molecular complexity index is 819. The van der Waals surface area contributed by atoms with Gasteiger partial charge in [-0.2, -0.15) is 0 Å². The minimum absolute atomic E-state index is 0.0606. The Morgan fingerprint density at radius 2 is 2.07 bits per heavy atom. The fourth-order valence-electron chi connectivity index (χ4n) is 2.77. The van der Waals surface area contributed by atoms with Crippen LogP contribution in [-0.4, -0.2) is 35.3 Å². The van der Waals surface area contributed by atoms with Crippen LogP contribution in [-0.2, 0) is 25.7 Å². The maximum atomic E-state index is 12.3. The molecule has 7 nitrogen and oxygen atoms in total. The maximum Gasteiger partial charge on any atom is 0.312 e. The fraction of sp³-hybridized carbons (Fsp3) is 0.316. The second-order valence-electron chi connectivity index (χ2n) is 6.33. The van der Waals surface area contributed by atoms with E-state index in [9.17, 15) is 14.4 Å². The molecule has 8 heteroatoms. The Labute approximate surface area is 161 Å². The Kier molecular flexibility index (Phi) is 5.81. The largest absolute Gasteiger partial charge is 0.467 e. The number of halogens is 1. The number of hydrogen-bond donors (Lipinski definition) is 1. The highest BCUT2D eigenvalue weighted by Gasteiger charge is 2.36. The number of anilines is 1. The van der Waals surface area contributed by atoms with Gasteiger partial charge in [0, 0.05) is 23.7 Å². The van der Waals surface area contributed by atoms with Crippen molar-refractivity contribution in [3.8, 4) is 0 Å². The highest BCUT2D eigenvalue weighted by molar-refractivity contribution is 6.30. The van der Waals surface area contributed by atoms with Crippen LogP contribution >= 0.6 is 11.6 Å². The van der Waals surface area contributed by atoms with Crippen molar-refractivity contribution in [2.45, 2.75) is 26.0 Å². The van der Waals surface area contributed by atoms with Crippen LogP contribution in [0.3, 0.4) is 0 Å². The second kappa shape index (κ2) is 8.26. The molecule has 2 heterocycles. The number of nitrogens with one attached hydrogen (secondary N) is 1. The molecule has 2 atom stereocenters. The van der Waals surface area contributed by atoms with Gasteiger partial charge < -0.3 is 19.4 Å². The number of rotatable bonds is 6. The number of likely N-dealkylation sites (tertiary alicyclic amines) is 1. The summed E-state index contributed by atoms with van der Waals surface area (Å²) in [5.41, 5.74) is 0.549. The smallest absolute Gasteiger partial charge is 0.312 e. The van der Waals surface area contributed by atoms with E-state index in [1.807, 2.05) is 0 Å². The maximum absolute atomic E-state index is 12.3. The first-order valence-electron chi connectivity index (χ1n) is 8.49. The van der Waals surface area contributed by atoms with Crippen LogP contribution in [0.4, 0.5) is 5.69 Å². The van der Waals surface area contributed by atoms with Crippen molar-refractivity contribution in [2.75, 3.05) is 11.9 Å². The van der Waals surface area contributed by atoms with Crippen LogP contribution in [0, 0.1) is 5.92 Å². The van der Waals surface area contributed by atoms with Gasteiger partial charge in [-0.15, -0.1) is 0 Å². The Morgan fingerprint density at radius 1 is 1.33 bits per heavy atom. The van der Waals surface area contributed by atoms with E-state index in [0.29, 0.717) is 23.0 Å². The summed E-state index contributed by atoms with van der Waals surface area (Å²) in [6, 6.07) is 10.1. The molecule has 0 bridgehead atoms. The van der Waals surface area contributed by atoms with E-state index in [4.69, 9.17) is 20.8 Å². The molecular formula is C19H19ClN2O5. The summed E-state index contributed by atoms with van der Waals surface area (Å²) in [5.74, 6) is -1.12. The number of carbonyl (C=O) groups is 3. The van der Waals surface area contributed by atoms with Crippen molar-refractivity contribution in [1.29, 1.82) is 0 Å². The van der Waals surface area contributed by atoms with Crippen LogP contribution in [0.15, 0.2) is 47.1 Å². The topological polar surface area (TPSA) is 88.9 Å². The SMILES string of the molecule is C[C@H](OC(=O)[C@@H]1CC(=O)N(Cc2ccco2)C1)C(=O)Nc1ccc(Cl)cc1. The third-order valence-corrected chi connectivity index (χ3v) is 4.50. The van der Waals surface area contributed by atoms with Gasteiger partial charge in [0.25, 0.3) is 5.91 Å². The van der Waals surface area contributed by atoms with Gasteiger partial charge in [0.2, 0.25) is 5.91 Å². The van der Waals surface area contributed by atoms with E-state index in [1.165, 1.54) is 13.2 Å². The predicted molar refractivity (Wildman–Crippen MR) is 97.9 cm³/mol. The first-order chi connectivity index (χ1) is 12.9. The number of esters is 1. The summed E-state index contributed by atoms with van der Waals surface area (Å²) in [6.45, 7) is 2.03. The molecule has 0 unspecified atom stereocenters. The lowest BCUT2D eigenvalue weighted by Gasteiger charge is -2.17. The molecule has 27 heavy (non-hydrogen) atoms. The monoisotopic (exact) mass is 390 g/mol. The van der Waals surface area contributed by atoms with Crippen molar-refractivity contribution in [3.05, 3.63) is 53.4 Å². The van der Waals surface area contributed by atoms with Gasteiger partial charge in [-0.05, 0) is 43.3 Å². The molecule has 2 amide bonds. The Balaban J connectivity index is 1.51. The zero-order chi connectivity index (χ0) is 19.4. The van der Waals surface area contributed by atoms with Crippen LogP contribution in [0.5, 0.6) is 0 Å². The number of furan rings is 1. The molecule has 0 spiro atoms. The van der Waals surface area contributed by atoms with Gasteiger partial charge in [-0.3, -0.25) is 14.4 Å². The van der Waals surface area contributed by atoms with E-state index >= 15 is 0 Å². The quantitative estimate of drug-likeness (QED) is 0.766. The summed E-state index contributed by atoms with van der Waals surface area (Å²) in [5, 5.41) is 3.20. The van der Waals surface area contributed by atoms with Gasteiger partial charge >= 0.3 is 5.97 Å². The number of ether oxygens (including phenoxy) is 1. The van der Waals surface area contributed by atoms with Crippen molar-refractivity contribution >= 4 is 35.1 Å². The van der Waals surface area contributed by atoms with Gasteiger partial charge in [0.05, 0.1) is 18.7 Å². The average Bonchev–Trinajstić information content (AvgIpc) is 3.27. The summed E-state index contributed by atoms with van der Waals surface area (Å²) in [7, 11) is 0. The number of amides is 2. The van der Waals surface area contributed by atoms with E-state index in [1.54, 1.807) is 41.3 Å². The van der Waals surface area contributed by atoms with Crippen LogP contribution in [0.2, 0.25) is 5.02 Å². The first-order valence-corrected chi connectivity index (χ1v) is 8.87. The number of hydrogen-bond acceptors (Lipinski definition) is 5. The highest BCUT2D eigenvalue weighted by atomic mass is 35.5. The number of benzene rings is 1. The average molecular weight is 391 g/mol. The third kappa shape index (κ3) is 4.89. The minimum Gasteiger partial charge on any atom is -0.467 e. The molecule has 142 valence electrons. The van der Waals surface area contributed by atoms with Crippen LogP contribution < -0.4 is 5.32 Å². The Hall–Kier alpha value is -2.80. The lowest BCUT2D eigenvalue weighted by Crippen LogP contribution is -2.33. The summed E-state index contributed by atoms with van der Waals surface area (Å²) in [6.07, 6.45) is 0.607. The standard InChI is InChI=1S/C19H19ClN2O5/c1-12(18(24)21-15-6-4-14(20)5-7-15)27-19(25)13-9-17(23)22(10-13)11-16-3-2-8-26-16/h2-8,12-13H,9-11H2,1H3,(H,21,24)/t12-,13+/m0/s1. The molecule has 0 aliphatic carbocycles. The van der Waals surface area contributed by atoms with E-state index in [0.717, 1.165) is 0 Å². The molecule has 1 aromatic carbocycles. The molecule has 2 aromatic rings. The van der Waals surface area contributed by atoms with Gasteiger partial charge in [0.15, 0.2) is 6.10 Å². The predicted octanol–water partition coefficient (Wildman–Crippen LogP) is 2.85. The number of nitrogens with zero attached hydrogens (tertiary/aromatic N) is 1. The van der Waals surface area contributed by atoms with Crippen molar-refractivity contribution in [2.24, 2.45) is 5.92 Å². The molecule has 1 aromatic heterocycles. The second-order valence-corrected chi connectivity index (χ2v) is 6.77. The molecule has 1 saturated heterocycles. The molecule has 1 fully saturated rings. The zero-order valence-corrected chi connectivity index (χ0v) is 15.4. The molecular weight excluding hydrogens is 372 g/mol. The van der Waals surface area contributed by atoms with Crippen molar-refractivity contribution in [1.82, 2.24) is 4.90 Å².